The molecule has 1 saturated heterocycles. The molecule has 0 saturated carbocycles. The summed E-state index contributed by atoms with van der Waals surface area (Å²) in [7, 11) is 0. The molecule has 0 radical (unpaired) electrons. The number of para-hydroxylation sites is 2. The Kier molecular flexibility index (Phi) is 5.49. The van der Waals surface area contributed by atoms with Crippen molar-refractivity contribution in [2.45, 2.75) is 19.7 Å². The van der Waals surface area contributed by atoms with Crippen LogP contribution in [0.25, 0.3) is 0 Å². The quantitative estimate of drug-likeness (QED) is 0.716. The molecule has 4 rings (SSSR count). The van der Waals surface area contributed by atoms with E-state index in [1.165, 1.54) is 0 Å². The summed E-state index contributed by atoms with van der Waals surface area (Å²) in [4.78, 5) is 15.9. The Morgan fingerprint density at radius 3 is 2.75 bits per heavy atom. The van der Waals surface area contributed by atoms with Crippen molar-refractivity contribution in [1.29, 1.82) is 0 Å². The molecule has 0 N–H and O–H groups in total. The van der Waals surface area contributed by atoms with E-state index in [0.29, 0.717) is 63.5 Å². The monoisotopic (exact) mass is 406 g/mol. The number of hydrogen-bond acceptors (Lipinski definition) is 8. The fraction of sp³-hybridized carbons (Fsp3) is 0.500. The first-order chi connectivity index (χ1) is 13.6. The Morgan fingerprint density at radius 1 is 1.25 bits per heavy atom. The molecule has 3 heterocycles. The fourth-order valence-electron chi connectivity index (χ4n) is 3.16. The van der Waals surface area contributed by atoms with Crippen molar-refractivity contribution in [3.05, 3.63) is 35.0 Å². The van der Waals surface area contributed by atoms with Gasteiger partial charge in [-0.1, -0.05) is 12.1 Å². The smallest absolute Gasteiger partial charge is 0.409 e. The maximum Gasteiger partial charge on any atom is 0.409 e. The van der Waals surface area contributed by atoms with Crippen molar-refractivity contribution in [1.82, 2.24) is 19.6 Å². The van der Waals surface area contributed by atoms with E-state index in [0.717, 1.165) is 0 Å². The number of benzene rings is 1. The lowest BCUT2D eigenvalue weighted by atomic mass is 10.2. The largest absolute Gasteiger partial charge is 0.485 e. The second-order valence-corrected chi connectivity index (χ2v) is 6.86. The zero-order chi connectivity index (χ0) is 19.5. The van der Waals surface area contributed by atoms with Gasteiger partial charge in [-0.3, -0.25) is 4.90 Å². The van der Waals surface area contributed by atoms with Crippen LogP contribution in [0, 0.1) is 4.84 Å². The van der Waals surface area contributed by atoms with Gasteiger partial charge in [0.25, 0.3) is 10.7 Å². The molecule has 1 fully saturated rings. The molecular formula is C18H22N4O5S. The van der Waals surface area contributed by atoms with E-state index >= 15 is 0 Å². The van der Waals surface area contributed by atoms with Crippen molar-refractivity contribution in [3.63, 3.8) is 0 Å². The van der Waals surface area contributed by atoms with Crippen LogP contribution in [0.2, 0.25) is 0 Å². The second kappa shape index (κ2) is 8.19. The van der Waals surface area contributed by atoms with Gasteiger partial charge in [0, 0.05) is 26.2 Å². The number of fused-ring (bicyclic) bond motifs is 1. The Bertz CT molecular complexity index is 890. The third kappa shape index (κ3) is 3.97. The number of nitrogens with zero attached hydrogens (tertiary/aromatic N) is 4. The molecule has 0 aliphatic carbocycles. The molecule has 2 aliphatic heterocycles. The second-order valence-electron chi connectivity index (χ2n) is 6.52. The lowest BCUT2D eigenvalue weighted by molar-refractivity contribution is 0.0673. The fourth-order valence-corrected chi connectivity index (χ4v) is 3.34. The molecule has 0 bridgehead atoms. The number of piperazine rings is 1. The minimum atomic E-state index is -0.446. The van der Waals surface area contributed by atoms with E-state index in [-0.39, 0.29) is 10.9 Å². The number of carbonyl (C=O) groups is 1. The summed E-state index contributed by atoms with van der Waals surface area (Å²) in [5, 5.41) is 4.48. The van der Waals surface area contributed by atoms with Gasteiger partial charge in [-0.2, -0.15) is 0 Å². The lowest BCUT2D eigenvalue weighted by Crippen LogP contribution is -2.49. The molecule has 1 aromatic heterocycles. The Balaban J connectivity index is 1.37. The molecular weight excluding hydrogens is 384 g/mol. The van der Waals surface area contributed by atoms with E-state index in [2.05, 4.69) is 10.00 Å². The molecule has 2 aromatic rings. The van der Waals surface area contributed by atoms with Crippen LogP contribution in [-0.2, 0) is 11.4 Å². The molecule has 9 nitrogen and oxygen atoms in total. The van der Waals surface area contributed by atoms with Gasteiger partial charge in [0.2, 0.25) is 6.10 Å². The highest BCUT2D eigenvalue weighted by molar-refractivity contribution is 7.71. The van der Waals surface area contributed by atoms with Crippen LogP contribution in [0.5, 0.6) is 11.5 Å². The molecule has 2 aliphatic rings. The van der Waals surface area contributed by atoms with Crippen molar-refractivity contribution < 1.29 is 23.4 Å². The Hall–Kier alpha value is -2.59. The summed E-state index contributed by atoms with van der Waals surface area (Å²) >= 11 is 5.31. The van der Waals surface area contributed by atoms with Gasteiger partial charge in [-0.25, -0.2) is 9.48 Å². The van der Waals surface area contributed by atoms with Gasteiger partial charge >= 0.3 is 6.09 Å². The van der Waals surface area contributed by atoms with Crippen LogP contribution in [0.15, 0.2) is 28.7 Å². The first-order valence-electron chi connectivity index (χ1n) is 9.24. The molecule has 1 unspecified atom stereocenters. The predicted molar refractivity (Wildman–Crippen MR) is 101 cm³/mol. The minimum absolute atomic E-state index is 0.266. The number of amides is 1. The highest BCUT2D eigenvalue weighted by atomic mass is 32.1. The van der Waals surface area contributed by atoms with E-state index < -0.39 is 6.10 Å². The van der Waals surface area contributed by atoms with Crippen LogP contribution in [-0.4, -0.2) is 65.1 Å². The SMILES string of the molecule is CCOC(=O)N1CCN(Cn2nc(C3COc4ccccc4O3)oc2=S)CC1. The van der Waals surface area contributed by atoms with E-state index in [9.17, 15) is 4.79 Å². The minimum Gasteiger partial charge on any atom is -0.485 e. The zero-order valence-corrected chi connectivity index (χ0v) is 16.4. The average molecular weight is 406 g/mol. The van der Waals surface area contributed by atoms with E-state index in [1.54, 1.807) is 16.5 Å². The highest BCUT2D eigenvalue weighted by Gasteiger charge is 2.28. The predicted octanol–water partition coefficient (Wildman–Crippen LogP) is 2.45. The first-order valence-corrected chi connectivity index (χ1v) is 9.65. The maximum absolute atomic E-state index is 11.8. The normalized spacial score (nSPS) is 19.5. The zero-order valence-electron chi connectivity index (χ0n) is 15.6. The van der Waals surface area contributed by atoms with Crippen LogP contribution < -0.4 is 9.47 Å². The number of rotatable bonds is 4. The molecule has 1 aromatic carbocycles. The van der Waals surface area contributed by atoms with Crippen molar-refractivity contribution >= 4 is 18.3 Å². The first kappa shape index (κ1) is 18.8. The summed E-state index contributed by atoms with van der Waals surface area (Å²) < 4.78 is 24.0. The summed E-state index contributed by atoms with van der Waals surface area (Å²) in [5.74, 6) is 1.76. The van der Waals surface area contributed by atoms with Crippen LogP contribution in [0.3, 0.4) is 0 Å². The number of hydrogen-bond donors (Lipinski definition) is 0. The third-order valence-corrected chi connectivity index (χ3v) is 4.93. The van der Waals surface area contributed by atoms with Crippen molar-refractivity contribution in [2.24, 2.45) is 0 Å². The summed E-state index contributed by atoms with van der Waals surface area (Å²) in [6.45, 7) is 5.61. The Morgan fingerprint density at radius 2 is 2.00 bits per heavy atom. The highest BCUT2D eigenvalue weighted by Crippen LogP contribution is 2.35. The molecule has 1 amide bonds. The number of carbonyl (C=O) groups excluding carboxylic acids is 1. The average Bonchev–Trinajstić information content (AvgIpc) is 3.08. The van der Waals surface area contributed by atoms with Crippen LogP contribution in [0.1, 0.15) is 18.9 Å². The van der Waals surface area contributed by atoms with Gasteiger partial charge in [0.15, 0.2) is 11.5 Å². The van der Waals surface area contributed by atoms with Gasteiger partial charge < -0.3 is 23.5 Å². The Labute approximate surface area is 167 Å². The maximum atomic E-state index is 11.8. The molecule has 1 atom stereocenters. The number of ether oxygens (including phenoxy) is 3. The summed E-state index contributed by atoms with van der Waals surface area (Å²) in [6, 6.07) is 7.48. The van der Waals surface area contributed by atoms with Gasteiger partial charge in [-0.15, -0.1) is 5.10 Å². The summed E-state index contributed by atoms with van der Waals surface area (Å²) in [6.07, 6.45) is -0.712. The standard InChI is InChI=1S/C18H22N4O5S/c1-2-24-17(23)21-9-7-20(8-10-21)12-22-18(28)27-16(19-22)15-11-25-13-5-3-4-6-14(13)26-15/h3-6,15H,2,7-12H2,1H3. The molecule has 150 valence electrons. The van der Waals surface area contributed by atoms with Crippen molar-refractivity contribution in [2.75, 3.05) is 39.4 Å². The lowest BCUT2D eigenvalue weighted by Gasteiger charge is -2.33. The van der Waals surface area contributed by atoms with Gasteiger partial charge in [0.1, 0.15) is 6.61 Å². The van der Waals surface area contributed by atoms with Crippen molar-refractivity contribution in [3.8, 4) is 11.5 Å². The van der Waals surface area contributed by atoms with Crippen LogP contribution >= 0.6 is 12.2 Å². The van der Waals surface area contributed by atoms with Gasteiger partial charge in [0.05, 0.1) is 13.3 Å². The van der Waals surface area contributed by atoms with E-state index in [1.807, 2.05) is 24.3 Å². The van der Waals surface area contributed by atoms with Gasteiger partial charge in [-0.05, 0) is 31.3 Å². The summed E-state index contributed by atoms with van der Waals surface area (Å²) in [5.41, 5.74) is 0. The molecule has 10 heteroatoms. The van der Waals surface area contributed by atoms with Crippen LogP contribution in [0.4, 0.5) is 4.79 Å². The number of aromatic nitrogens is 2. The third-order valence-electron chi connectivity index (χ3n) is 4.64. The molecule has 28 heavy (non-hydrogen) atoms. The molecule has 0 spiro atoms. The van der Waals surface area contributed by atoms with E-state index in [4.69, 9.17) is 30.8 Å². The topological polar surface area (TPSA) is 82.2 Å².